The number of nitrogens with zero attached hydrogens (tertiary/aromatic N) is 2. The van der Waals surface area contributed by atoms with Crippen LogP contribution in [0.5, 0.6) is 0 Å². The molecule has 2 heterocycles. The number of anilines is 1. The molecule has 2 aromatic carbocycles. The van der Waals surface area contributed by atoms with Crippen LogP contribution in [0.15, 0.2) is 59.8 Å². The van der Waals surface area contributed by atoms with E-state index >= 15 is 0 Å². The van der Waals surface area contributed by atoms with E-state index in [9.17, 15) is 17.6 Å². The SMILES string of the molecule is Nc1cnc(-c2ccc(-c3ccccc3S(=O)(=O)N[C@@H]3CCCCNC3=O)cc2F)cn1.S. The normalized spacial score (nSPS) is 16.4. The highest BCUT2D eigenvalue weighted by atomic mass is 32.2. The van der Waals surface area contributed by atoms with Crippen molar-refractivity contribution in [2.45, 2.75) is 30.2 Å². The Morgan fingerprint density at radius 3 is 2.58 bits per heavy atom. The molecule has 174 valence electrons. The molecule has 1 aliphatic rings. The van der Waals surface area contributed by atoms with Gasteiger partial charge in [-0.2, -0.15) is 18.2 Å². The van der Waals surface area contributed by atoms with Crippen LogP contribution in [0.1, 0.15) is 19.3 Å². The highest BCUT2D eigenvalue weighted by Gasteiger charge is 2.28. The molecule has 0 bridgehead atoms. The van der Waals surface area contributed by atoms with Gasteiger partial charge in [-0.1, -0.05) is 24.3 Å². The zero-order valence-corrected chi connectivity index (χ0v) is 19.4. The molecule has 0 spiro atoms. The largest absolute Gasteiger partial charge is 0.382 e. The van der Waals surface area contributed by atoms with E-state index < -0.39 is 21.9 Å². The summed E-state index contributed by atoms with van der Waals surface area (Å²) >= 11 is 0. The first-order valence-corrected chi connectivity index (χ1v) is 11.6. The topological polar surface area (TPSA) is 127 Å². The number of nitrogens with two attached hydrogens (primary N) is 1. The smallest absolute Gasteiger partial charge is 0.241 e. The molecule has 0 aliphatic carbocycles. The number of aromatic nitrogens is 2. The van der Waals surface area contributed by atoms with Crippen molar-refractivity contribution in [3.63, 3.8) is 0 Å². The second kappa shape index (κ2) is 10.3. The van der Waals surface area contributed by atoms with Crippen LogP contribution in [-0.4, -0.2) is 36.9 Å². The first-order chi connectivity index (χ1) is 15.3. The number of hydrogen-bond donors (Lipinski definition) is 3. The third kappa shape index (κ3) is 5.49. The monoisotopic (exact) mass is 489 g/mol. The molecule has 0 saturated carbocycles. The molecule has 1 saturated heterocycles. The van der Waals surface area contributed by atoms with Crippen LogP contribution in [0.4, 0.5) is 10.2 Å². The standard InChI is InChI=1S/C22H22FN5O3S.H2S/c23-17-11-14(8-9-16(17)19-12-27-21(24)13-26-19)15-5-1-2-7-20(15)32(30,31)28-18-6-3-4-10-25-22(18)29;/h1-2,5,7-9,11-13,18,28H,3-4,6,10H2,(H2,24,27)(H,25,29);1H2/t18-;/m1./s1. The average molecular weight is 490 g/mol. The highest BCUT2D eigenvalue weighted by Crippen LogP contribution is 2.31. The quantitative estimate of drug-likeness (QED) is 0.506. The number of sulfonamides is 1. The molecule has 8 nitrogen and oxygen atoms in total. The lowest BCUT2D eigenvalue weighted by Crippen LogP contribution is -2.45. The van der Waals surface area contributed by atoms with Crippen molar-refractivity contribution in [1.29, 1.82) is 0 Å². The average Bonchev–Trinajstić information content (AvgIpc) is 2.98. The van der Waals surface area contributed by atoms with Crippen molar-refractivity contribution in [2.75, 3.05) is 12.3 Å². The van der Waals surface area contributed by atoms with Crippen molar-refractivity contribution < 1.29 is 17.6 Å². The molecule has 1 aliphatic heterocycles. The minimum Gasteiger partial charge on any atom is -0.382 e. The number of nitrogen functional groups attached to an aromatic ring is 1. The van der Waals surface area contributed by atoms with Crippen LogP contribution in [-0.2, 0) is 14.8 Å². The Morgan fingerprint density at radius 2 is 1.85 bits per heavy atom. The predicted molar refractivity (Wildman–Crippen MR) is 129 cm³/mol. The number of carbonyl (C=O) groups excluding carboxylic acids is 1. The molecule has 3 aromatic rings. The lowest BCUT2D eigenvalue weighted by atomic mass is 10.0. The van der Waals surface area contributed by atoms with Crippen molar-refractivity contribution in [1.82, 2.24) is 20.0 Å². The molecular formula is C22H24FN5O3S2. The molecule has 4 N–H and O–H groups in total. The minimum atomic E-state index is -4.04. The third-order valence-electron chi connectivity index (χ3n) is 5.24. The van der Waals surface area contributed by atoms with Gasteiger partial charge in [0.1, 0.15) is 17.7 Å². The molecule has 33 heavy (non-hydrogen) atoms. The summed E-state index contributed by atoms with van der Waals surface area (Å²) in [6.07, 6.45) is 4.64. The summed E-state index contributed by atoms with van der Waals surface area (Å²) in [6, 6.07) is 9.81. The fourth-order valence-electron chi connectivity index (χ4n) is 3.61. The maximum Gasteiger partial charge on any atom is 0.241 e. The van der Waals surface area contributed by atoms with Crippen LogP contribution in [0.2, 0.25) is 0 Å². The van der Waals surface area contributed by atoms with Gasteiger partial charge in [0.05, 0.1) is 23.0 Å². The Morgan fingerprint density at radius 1 is 1.06 bits per heavy atom. The van der Waals surface area contributed by atoms with Gasteiger partial charge in [0, 0.05) is 17.7 Å². The van der Waals surface area contributed by atoms with Crippen LogP contribution in [0.25, 0.3) is 22.4 Å². The third-order valence-corrected chi connectivity index (χ3v) is 6.77. The maximum absolute atomic E-state index is 14.9. The van der Waals surface area contributed by atoms with Gasteiger partial charge in [-0.25, -0.2) is 17.8 Å². The molecular weight excluding hydrogens is 465 g/mol. The van der Waals surface area contributed by atoms with Gasteiger partial charge >= 0.3 is 0 Å². The van der Waals surface area contributed by atoms with Gasteiger partial charge in [0.25, 0.3) is 0 Å². The first kappa shape index (κ1) is 24.6. The molecule has 4 rings (SSSR count). The van der Waals surface area contributed by atoms with Crippen molar-refractivity contribution in [3.8, 4) is 22.4 Å². The Hall–Kier alpha value is -3.02. The fourth-order valence-corrected chi connectivity index (χ4v) is 5.07. The predicted octanol–water partition coefficient (Wildman–Crippen LogP) is 2.59. The maximum atomic E-state index is 14.9. The van der Waals surface area contributed by atoms with E-state index in [4.69, 9.17) is 5.73 Å². The van der Waals surface area contributed by atoms with Gasteiger partial charge < -0.3 is 11.1 Å². The Kier molecular flexibility index (Phi) is 7.67. The van der Waals surface area contributed by atoms with Gasteiger partial charge in [-0.3, -0.25) is 9.78 Å². The summed E-state index contributed by atoms with van der Waals surface area (Å²) in [4.78, 5) is 20.2. The van der Waals surface area contributed by atoms with Gasteiger partial charge in [-0.05, 0) is 43.0 Å². The number of amides is 1. The summed E-state index contributed by atoms with van der Waals surface area (Å²) < 4.78 is 43.7. The molecule has 1 atom stereocenters. The van der Waals surface area contributed by atoms with Crippen LogP contribution >= 0.6 is 13.5 Å². The lowest BCUT2D eigenvalue weighted by Gasteiger charge is -2.17. The molecule has 11 heteroatoms. The minimum absolute atomic E-state index is 0. The molecule has 1 fully saturated rings. The van der Waals surface area contributed by atoms with Crippen molar-refractivity contribution in [2.24, 2.45) is 0 Å². The lowest BCUT2D eigenvalue weighted by molar-refractivity contribution is -0.122. The van der Waals surface area contributed by atoms with Crippen molar-refractivity contribution in [3.05, 3.63) is 60.7 Å². The van der Waals surface area contributed by atoms with Gasteiger partial charge in [0.15, 0.2) is 0 Å². The summed E-state index contributed by atoms with van der Waals surface area (Å²) in [5.74, 6) is -0.701. The van der Waals surface area contributed by atoms with E-state index in [2.05, 4.69) is 20.0 Å². The molecule has 0 radical (unpaired) electrons. The van der Waals surface area contributed by atoms with Crippen LogP contribution < -0.4 is 15.8 Å². The number of nitrogens with one attached hydrogen (secondary N) is 2. The number of hydrogen-bond acceptors (Lipinski definition) is 6. The van der Waals surface area contributed by atoms with E-state index in [0.717, 1.165) is 12.8 Å². The summed E-state index contributed by atoms with van der Waals surface area (Å²) in [5.41, 5.74) is 6.76. The van der Waals surface area contributed by atoms with E-state index in [-0.39, 0.29) is 35.7 Å². The zero-order chi connectivity index (χ0) is 22.7. The Balaban J connectivity index is 0.00000306. The Bertz CT molecular complexity index is 1250. The summed E-state index contributed by atoms with van der Waals surface area (Å²) in [7, 11) is -4.04. The highest BCUT2D eigenvalue weighted by molar-refractivity contribution is 7.89. The number of rotatable bonds is 5. The van der Waals surface area contributed by atoms with E-state index in [0.29, 0.717) is 29.8 Å². The molecule has 1 aromatic heterocycles. The molecule has 1 amide bonds. The zero-order valence-electron chi connectivity index (χ0n) is 17.6. The first-order valence-electron chi connectivity index (χ1n) is 10.1. The van der Waals surface area contributed by atoms with Crippen LogP contribution in [0.3, 0.4) is 0 Å². The van der Waals surface area contributed by atoms with E-state index in [1.165, 1.54) is 30.6 Å². The number of benzene rings is 2. The number of halogens is 1. The van der Waals surface area contributed by atoms with Crippen molar-refractivity contribution >= 4 is 35.2 Å². The number of carbonyl (C=O) groups is 1. The summed E-state index contributed by atoms with van der Waals surface area (Å²) in [5, 5.41) is 2.71. The fraction of sp³-hybridized carbons (Fsp3) is 0.227. The van der Waals surface area contributed by atoms with Gasteiger partial charge in [-0.15, -0.1) is 0 Å². The van der Waals surface area contributed by atoms with E-state index in [1.807, 2.05) is 0 Å². The van der Waals surface area contributed by atoms with Gasteiger partial charge in [0.2, 0.25) is 15.9 Å². The Labute approximate surface area is 198 Å². The second-order valence-electron chi connectivity index (χ2n) is 7.48. The summed E-state index contributed by atoms with van der Waals surface area (Å²) in [6.45, 7) is 0.525. The van der Waals surface area contributed by atoms with E-state index in [1.54, 1.807) is 24.3 Å². The van der Waals surface area contributed by atoms with Crippen LogP contribution in [0, 0.1) is 5.82 Å². The second-order valence-corrected chi connectivity index (χ2v) is 9.16. The molecule has 0 unspecified atom stereocenters.